The third kappa shape index (κ3) is 10.6. The smallest absolute Gasteiger partial charge is 0.0190 e. The maximum absolute atomic E-state index is 2.28. The van der Waals surface area contributed by atoms with Crippen LogP contribution in [0, 0.1) is 6.92 Å². The van der Waals surface area contributed by atoms with Gasteiger partial charge >= 0.3 is 0 Å². The van der Waals surface area contributed by atoms with Gasteiger partial charge in [-0.25, -0.2) is 0 Å². The fourth-order valence-corrected chi connectivity index (χ4v) is 2.57. The van der Waals surface area contributed by atoms with Gasteiger partial charge in [-0.2, -0.15) is 0 Å². The lowest BCUT2D eigenvalue weighted by molar-refractivity contribution is 0.585. The Labute approximate surface area is 134 Å². The van der Waals surface area contributed by atoms with Gasteiger partial charge in [-0.3, -0.25) is 0 Å². The zero-order valence-corrected chi connectivity index (χ0v) is 15.3. The van der Waals surface area contributed by atoms with E-state index in [2.05, 4.69) is 58.9 Å². The SMILES string of the molecule is CCC(C)c1ccccc1C.CCCCCCCCCC. The molecule has 0 aliphatic heterocycles. The molecule has 0 saturated heterocycles. The lowest BCUT2D eigenvalue weighted by Gasteiger charge is -2.11. The first-order valence-electron chi connectivity index (χ1n) is 9.22. The van der Waals surface area contributed by atoms with E-state index in [1.165, 1.54) is 68.9 Å². The third-order valence-electron chi connectivity index (χ3n) is 4.29. The zero-order chi connectivity index (χ0) is 15.9. The van der Waals surface area contributed by atoms with Crippen molar-refractivity contribution in [2.75, 3.05) is 0 Å². The fraction of sp³-hybridized carbons (Fsp3) is 0.714. The first-order valence-corrected chi connectivity index (χ1v) is 9.22. The molecule has 0 N–H and O–H groups in total. The van der Waals surface area contributed by atoms with Crippen LogP contribution in [-0.4, -0.2) is 0 Å². The number of aryl methyl sites for hydroxylation is 1. The summed E-state index contributed by atoms with van der Waals surface area (Å²) in [6.07, 6.45) is 12.7. The van der Waals surface area contributed by atoms with E-state index in [0.717, 1.165) is 0 Å². The first-order chi connectivity index (χ1) is 10.2. The summed E-state index contributed by atoms with van der Waals surface area (Å²) in [4.78, 5) is 0. The van der Waals surface area contributed by atoms with Gasteiger partial charge in [0.2, 0.25) is 0 Å². The van der Waals surface area contributed by atoms with Gasteiger partial charge in [-0.05, 0) is 30.4 Å². The van der Waals surface area contributed by atoms with Gasteiger partial charge in [-0.15, -0.1) is 0 Å². The summed E-state index contributed by atoms with van der Waals surface area (Å²) in [6.45, 7) is 11.2. The lowest BCUT2D eigenvalue weighted by atomic mass is 9.95. The van der Waals surface area contributed by atoms with Crippen molar-refractivity contribution in [3.63, 3.8) is 0 Å². The Morgan fingerprint density at radius 1 is 0.762 bits per heavy atom. The van der Waals surface area contributed by atoms with Gasteiger partial charge in [-0.1, -0.05) is 103 Å². The van der Waals surface area contributed by atoms with Crippen LogP contribution >= 0.6 is 0 Å². The molecule has 0 heterocycles. The van der Waals surface area contributed by atoms with E-state index in [1.807, 2.05) is 0 Å². The van der Waals surface area contributed by atoms with E-state index in [4.69, 9.17) is 0 Å². The Morgan fingerprint density at radius 3 is 1.67 bits per heavy atom. The highest BCUT2D eigenvalue weighted by molar-refractivity contribution is 5.28. The van der Waals surface area contributed by atoms with Crippen molar-refractivity contribution < 1.29 is 0 Å². The van der Waals surface area contributed by atoms with Crippen molar-refractivity contribution in [2.45, 2.75) is 98.3 Å². The molecule has 0 aliphatic rings. The zero-order valence-electron chi connectivity index (χ0n) is 15.3. The van der Waals surface area contributed by atoms with Crippen LogP contribution in [0.15, 0.2) is 24.3 Å². The minimum Gasteiger partial charge on any atom is -0.0654 e. The Kier molecular flexibility index (Phi) is 13.6. The Morgan fingerprint density at radius 2 is 1.24 bits per heavy atom. The maximum Gasteiger partial charge on any atom is -0.0190 e. The van der Waals surface area contributed by atoms with E-state index >= 15 is 0 Å². The summed E-state index contributed by atoms with van der Waals surface area (Å²) >= 11 is 0. The summed E-state index contributed by atoms with van der Waals surface area (Å²) in [5.74, 6) is 0.705. The molecule has 0 fully saturated rings. The van der Waals surface area contributed by atoms with Crippen LogP contribution in [0.25, 0.3) is 0 Å². The summed E-state index contributed by atoms with van der Waals surface area (Å²) < 4.78 is 0. The van der Waals surface area contributed by atoms with Crippen LogP contribution in [-0.2, 0) is 0 Å². The molecule has 0 bridgehead atoms. The average Bonchev–Trinajstić information content (AvgIpc) is 2.51. The molecule has 1 rings (SSSR count). The van der Waals surface area contributed by atoms with Crippen LogP contribution in [0.3, 0.4) is 0 Å². The number of hydrogen-bond acceptors (Lipinski definition) is 0. The second-order valence-electron chi connectivity index (χ2n) is 6.29. The van der Waals surface area contributed by atoms with Crippen molar-refractivity contribution in [1.29, 1.82) is 0 Å². The van der Waals surface area contributed by atoms with Crippen LogP contribution in [0.5, 0.6) is 0 Å². The standard InChI is InChI=1S/C11H16.C10H22/c1-4-9(2)11-8-6-5-7-10(11)3;1-3-5-7-9-10-8-6-4-2/h5-9H,4H2,1-3H3;3-10H2,1-2H3. The van der Waals surface area contributed by atoms with E-state index in [0.29, 0.717) is 5.92 Å². The van der Waals surface area contributed by atoms with Crippen molar-refractivity contribution in [3.8, 4) is 0 Å². The van der Waals surface area contributed by atoms with Crippen molar-refractivity contribution in [1.82, 2.24) is 0 Å². The van der Waals surface area contributed by atoms with Gasteiger partial charge in [0.25, 0.3) is 0 Å². The molecule has 1 unspecified atom stereocenters. The fourth-order valence-electron chi connectivity index (χ4n) is 2.57. The highest BCUT2D eigenvalue weighted by Gasteiger charge is 2.03. The van der Waals surface area contributed by atoms with E-state index < -0.39 is 0 Å². The van der Waals surface area contributed by atoms with Crippen LogP contribution in [0.4, 0.5) is 0 Å². The molecule has 0 aliphatic carbocycles. The highest BCUT2D eigenvalue weighted by Crippen LogP contribution is 2.21. The van der Waals surface area contributed by atoms with Crippen molar-refractivity contribution in [3.05, 3.63) is 35.4 Å². The molecule has 122 valence electrons. The van der Waals surface area contributed by atoms with Gasteiger partial charge in [0.05, 0.1) is 0 Å². The molecule has 0 saturated carbocycles. The predicted molar refractivity (Wildman–Crippen MR) is 98.2 cm³/mol. The average molecular weight is 291 g/mol. The molecule has 1 aromatic rings. The largest absolute Gasteiger partial charge is 0.0654 e. The number of rotatable bonds is 9. The maximum atomic E-state index is 2.28. The van der Waals surface area contributed by atoms with Gasteiger partial charge in [0, 0.05) is 0 Å². The summed E-state index contributed by atoms with van der Waals surface area (Å²) in [5, 5.41) is 0. The second-order valence-corrected chi connectivity index (χ2v) is 6.29. The van der Waals surface area contributed by atoms with Crippen LogP contribution in [0.2, 0.25) is 0 Å². The number of benzene rings is 1. The molecular weight excluding hydrogens is 252 g/mol. The molecule has 0 radical (unpaired) electrons. The number of hydrogen-bond donors (Lipinski definition) is 0. The first kappa shape index (κ1) is 20.2. The molecule has 0 aromatic heterocycles. The molecule has 21 heavy (non-hydrogen) atoms. The second kappa shape index (κ2) is 14.2. The Balaban J connectivity index is 0.000000384. The minimum atomic E-state index is 0.705. The molecule has 0 spiro atoms. The molecule has 0 nitrogen and oxygen atoms in total. The van der Waals surface area contributed by atoms with E-state index in [-0.39, 0.29) is 0 Å². The van der Waals surface area contributed by atoms with E-state index in [1.54, 1.807) is 0 Å². The Hall–Kier alpha value is -0.780. The van der Waals surface area contributed by atoms with Crippen molar-refractivity contribution >= 4 is 0 Å². The Bertz CT molecular complexity index is 319. The quantitative estimate of drug-likeness (QED) is 0.409. The lowest BCUT2D eigenvalue weighted by Crippen LogP contribution is -1.93. The molecule has 1 atom stereocenters. The third-order valence-corrected chi connectivity index (χ3v) is 4.29. The van der Waals surface area contributed by atoms with Crippen LogP contribution < -0.4 is 0 Å². The normalized spacial score (nSPS) is 11.7. The van der Waals surface area contributed by atoms with Crippen molar-refractivity contribution in [2.24, 2.45) is 0 Å². The van der Waals surface area contributed by atoms with Crippen LogP contribution in [0.1, 0.15) is 103 Å². The topological polar surface area (TPSA) is 0 Å². The summed E-state index contributed by atoms with van der Waals surface area (Å²) in [7, 11) is 0. The van der Waals surface area contributed by atoms with Gasteiger partial charge in [0.15, 0.2) is 0 Å². The van der Waals surface area contributed by atoms with E-state index in [9.17, 15) is 0 Å². The van der Waals surface area contributed by atoms with Gasteiger partial charge in [0.1, 0.15) is 0 Å². The molecule has 1 aromatic carbocycles. The summed E-state index contributed by atoms with van der Waals surface area (Å²) in [6, 6.07) is 8.63. The molecule has 0 amide bonds. The monoisotopic (exact) mass is 290 g/mol. The minimum absolute atomic E-state index is 0.705. The summed E-state index contributed by atoms with van der Waals surface area (Å²) in [5.41, 5.74) is 2.91. The predicted octanol–water partition coefficient (Wildman–Crippen LogP) is 7.66. The highest BCUT2D eigenvalue weighted by atomic mass is 14.1. The van der Waals surface area contributed by atoms with Gasteiger partial charge < -0.3 is 0 Å². The number of unbranched alkanes of at least 4 members (excludes halogenated alkanes) is 7. The molecule has 0 heteroatoms. The molecular formula is C21H38.